The van der Waals surface area contributed by atoms with Crippen LogP contribution in [0.5, 0.6) is 0 Å². The van der Waals surface area contributed by atoms with E-state index in [4.69, 9.17) is 5.11 Å². The summed E-state index contributed by atoms with van der Waals surface area (Å²) in [7, 11) is 0. The minimum atomic E-state index is -0.367. The summed E-state index contributed by atoms with van der Waals surface area (Å²) < 4.78 is 0. The molecule has 0 aromatic heterocycles. The molecule has 0 aromatic carbocycles. The number of hydrogen-bond donors (Lipinski definition) is 1. The van der Waals surface area contributed by atoms with Crippen LogP contribution < -0.4 is 0 Å². The van der Waals surface area contributed by atoms with Gasteiger partial charge in [-0.2, -0.15) is 0 Å². The van der Waals surface area contributed by atoms with Crippen LogP contribution in [0, 0.1) is 0 Å². The topological polar surface area (TPSA) is 20.2 Å². The van der Waals surface area contributed by atoms with E-state index in [1.165, 1.54) is 0 Å². The van der Waals surface area contributed by atoms with Gasteiger partial charge in [0.25, 0.3) is 0 Å². The molecule has 0 rings (SSSR count). The van der Waals surface area contributed by atoms with E-state index in [0.717, 1.165) is 5.57 Å². The van der Waals surface area contributed by atoms with Gasteiger partial charge in [-0.05, 0) is 13.8 Å². The summed E-state index contributed by atoms with van der Waals surface area (Å²) in [5.41, 5.74) is 1.09. The Morgan fingerprint density at radius 3 is 2.60 bits per heavy atom. The monoisotopic (exact) mass is 138 g/mol. The summed E-state index contributed by atoms with van der Waals surface area (Å²) in [6.45, 7) is 7.27. The SMILES string of the molecule is C=C/C(C)=C/C=C/C(C)O. The van der Waals surface area contributed by atoms with Crippen LogP contribution in [0.15, 0.2) is 36.5 Å². The fraction of sp³-hybridized carbons (Fsp3) is 0.333. The van der Waals surface area contributed by atoms with Crippen LogP contribution in [0.25, 0.3) is 0 Å². The molecule has 0 heterocycles. The Kier molecular flexibility index (Phi) is 4.59. The fourth-order valence-electron chi connectivity index (χ4n) is 0.436. The maximum Gasteiger partial charge on any atom is 0.0695 e. The fourth-order valence-corrected chi connectivity index (χ4v) is 0.436. The molecule has 0 bridgehead atoms. The second kappa shape index (κ2) is 5.00. The Bertz CT molecular complexity index is 152. The van der Waals surface area contributed by atoms with Gasteiger partial charge < -0.3 is 5.11 Å². The van der Waals surface area contributed by atoms with Gasteiger partial charge in [0.15, 0.2) is 0 Å². The lowest BCUT2D eigenvalue weighted by Crippen LogP contribution is -1.90. The van der Waals surface area contributed by atoms with Gasteiger partial charge >= 0.3 is 0 Å². The van der Waals surface area contributed by atoms with E-state index < -0.39 is 0 Å². The average molecular weight is 138 g/mol. The van der Waals surface area contributed by atoms with Crippen LogP contribution in [0.1, 0.15) is 13.8 Å². The van der Waals surface area contributed by atoms with Crippen molar-refractivity contribution in [2.75, 3.05) is 0 Å². The molecule has 0 aliphatic rings. The third kappa shape index (κ3) is 5.32. The third-order valence-electron chi connectivity index (χ3n) is 1.07. The van der Waals surface area contributed by atoms with E-state index in [-0.39, 0.29) is 6.10 Å². The summed E-state index contributed by atoms with van der Waals surface area (Å²) in [5.74, 6) is 0. The standard InChI is InChI=1S/C9H14O/c1-4-8(2)6-5-7-9(3)10/h4-7,9-10H,1H2,2-3H3/b7-5+,8-6+. The number of allylic oxidation sites excluding steroid dienone is 4. The Morgan fingerprint density at radius 2 is 2.20 bits per heavy atom. The number of aliphatic hydroxyl groups is 1. The van der Waals surface area contributed by atoms with E-state index in [9.17, 15) is 0 Å². The highest BCUT2D eigenvalue weighted by atomic mass is 16.3. The molecule has 0 spiro atoms. The Labute approximate surface area is 62.4 Å². The zero-order chi connectivity index (χ0) is 7.98. The van der Waals surface area contributed by atoms with Gasteiger partial charge in [-0.1, -0.05) is 36.5 Å². The van der Waals surface area contributed by atoms with Crippen LogP contribution >= 0.6 is 0 Å². The molecule has 1 atom stereocenters. The van der Waals surface area contributed by atoms with E-state index in [1.807, 2.05) is 19.1 Å². The number of rotatable bonds is 3. The second-order valence-electron chi connectivity index (χ2n) is 2.24. The number of aliphatic hydroxyl groups excluding tert-OH is 1. The molecule has 0 radical (unpaired) electrons. The summed E-state index contributed by atoms with van der Waals surface area (Å²) in [4.78, 5) is 0. The normalized spacial score (nSPS) is 15.7. The van der Waals surface area contributed by atoms with E-state index in [1.54, 1.807) is 19.1 Å². The van der Waals surface area contributed by atoms with E-state index in [0.29, 0.717) is 0 Å². The lowest BCUT2D eigenvalue weighted by molar-refractivity contribution is 0.244. The molecule has 1 heteroatoms. The maximum atomic E-state index is 8.80. The van der Waals surface area contributed by atoms with Crippen molar-refractivity contribution in [1.82, 2.24) is 0 Å². The first kappa shape index (κ1) is 9.18. The minimum Gasteiger partial charge on any atom is -0.389 e. The largest absolute Gasteiger partial charge is 0.389 e. The summed E-state index contributed by atoms with van der Waals surface area (Å²) in [5, 5.41) is 8.80. The highest BCUT2D eigenvalue weighted by Gasteiger charge is 1.81. The van der Waals surface area contributed by atoms with Crippen molar-refractivity contribution in [2.45, 2.75) is 20.0 Å². The van der Waals surface area contributed by atoms with Crippen molar-refractivity contribution >= 4 is 0 Å². The molecular weight excluding hydrogens is 124 g/mol. The molecule has 1 nitrogen and oxygen atoms in total. The molecule has 10 heavy (non-hydrogen) atoms. The zero-order valence-corrected chi connectivity index (χ0v) is 6.54. The van der Waals surface area contributed by atoms with Crippen molar-refractivity contribution in [2.24, 2.45) is 0 Å². The minimum absolute atomic E-state index is 0.367. The Morgan fingerprint density at radius 1 is 1.60 bits per heavy atom. The summed E-state index contributed by atoms with van der Waals surface area (Å²) in [6.07, 6.45) is 6.84. The molecule has 0 fully saturated rings. The lowest BCUT2D eigenvalue weighted by Gasteiger charge is -1.90. The predicted octanol–water partition coefficient (Wildman–Crippen LogP) is 2.06. The first-order valence-electron chi connectivity index (χ1n) is 3.32. The van der Waals surface area contributed by atoms with Crippen molar-refractivity contribution < 1.29 is 5.11 Å². The van der Waals surface area contributed by atoms with Gasteiger partial charge in [0, 0.05) is 0 Å². The van der Waals surface area contributed by atoms with Gasteiger partial charge in [0.1, 0.15) is 0 Å². The van der Waals surface area contributed by atoms with Crippen LogP contribution in [0.4, 0.5) is 0 Å². The molecule has 1 N–H and O–H groups in total. The Balaban J connectivity index is 3.81. The van der Waals surface area contributed by atoms with Crippen molar-refractivity contribution in [3.05, 3.63) is 36.5 Å². The van der Waals surface area contributed by atoms with Gasteiger partial charge in [-0.15, -0.1) is 0 Å². The maximum absolute atomic E-state index is 8.80. The van der Waals surface area contributed by atoms with E-state index in [2.05, 4.69) is 6.58 Å². The highest BCUT2D eigenvalue weighted by Crippen LogP contribution is 1.93. The third-order valence-corrected chi connectivity index (χ3v) is 1.07. The highest BCUT2D eigenvalue weighted by molar-refractivity contribution is 5.19. The second-order valence-corrected chi connectivity index (χ2v) is 2.24. The lowest BCUT2D eigenvalue weighted by atomic mass is 10.2. The summed E-state index contributed by atoms with van der Waals surface area (Å²) >= 11 is 0. The molecular formula is C9H14O. The average Bonchev–Trinajstić information content (AvgIpc) is 1.87. The van der Waals surface area contributed by atoms with Gasteiger partial charge in [-0.3, -0.25) is 0 Å². The molecule has 0 aliphatic carbocycles. The smallest absolute Gasteiger partial charge is 0.0695 e. The van der Waals surface area contributed by atoms with Gasteiger partial charge in [0.2, 0.25) is 0 Å². The Hall–Kier alpha value is -0.820. The molecule has 0 saturated heterocycles. The number of hydrogen-bond acceptors (Lipinski definition) is 1. The molecule has 0 aromatic rings. The molecule has 0 saturated carbocycles. The van der Waals surface area contributed by atoms with Crippen molar-refractivity contribution in [3.63, 3.8) is 0 Å². The van der Waals surface area contributed by atoms with Crippen LogP contribution in [-0.4, -0.2) is 11.2 Å². The predicted molar refractivity (Wildman–Crippen MR) is 44.8 cm³/mol. The first-order chi connectivity index (χ1) is 4.66. The van der Waals surface area contributed by atoms with Crippen LogP contribution in [0.3, 0.4) is 0 Å². The molecule has 1 unspecified atom stereocenters. The van der Waals surface area contributed by atoms with Gasteiger partial charge in [-0.25, -0.2) is 0 Å². The van der Waals surface area contributed by atoms with Crippen LogP contribution in [0.2, 0.25) is 0 Å². The quantitative estimate of drug-likeness (QED) is 0.592. The van der Waals surface area contributed by atoms with Crippen molar-refractivity contribution in [3.8, 4) is 0 Å². The molecule has 0 aliphatic heterocycles. The van der Waals surface area contributed by atoms with Crippen molar-refractivity contribution in [1.29, 1.82) is 0 Å². The zero-order valence-electron chi connectivity index (χ0n) is 6.54. The molecule has 56 valence electrons. The first-order valence-corrected chi connectivity index (χ1v) is 3.32. The van der Waals surface area contributed by atoms with E-state index >= 15 is 0 Å². The van der Waals surface area contributed by atoms with Crippen LogP contribution in [-0.2, 0) is 0 Å². The van der Waals surface area contributed by atoms with Gasteiger partial charge in [0.05, 0.1) is 6.10 Å². The molecule has 0 amide bonds. The summed E-state index contributed by atoms with van der Waals surface area (Å²) in [6, 6.07) is 0.